The third-order valence-electron chi connectivity index (χ3n) is 3.53. The van der Waals surface area contributed by atoms with Crippen LogP contribution < -0.4 is 5.43 Å². The lowest BCUT2D eigenvalue weighted by atomic mass is 9.93. The standard InChI is InChI=1S/C14H14ClNOS/c1-8(2)11-7-13-10(6-14(15)18-13)12-5-9(17)3-4-16(11)12/h3-6,8,11H,7H2,1-2H3. The van der Waals surface area contributed by atoms with E-state index in [-0.39, 0.29) is 5.43 Å². The van der Waals surface area contributed by atoms with Crippen LogP contribution in [0.15, 0.2) is 29.2 Å². The summed E-state index contributed by atoms with van der Waals surface area (Å²) in [4.78, 5) is 12.9. The number of aromatic nitrogens is 1. The van der Waals surface area contributed by atoms with Gasteiger partial charge in [0.2, 0.25) is 0 Å². The molecule has 0 aliphatic carbocycles. The van der Waals surface area contributed by atoms with E-state index in [1.165, 1.54) is 4.88 Å². The van der Waals surface area contributed by atoms with E-state index in [4.69, 9.17) is 11.6 Å². The van der Waals surface area contributed by atoms with Gasteiger partial charge in [0.15, 0.2) is 5.43 Å². The second-order valence-electron chi connectivity index (χ2n) is 5.06. The van der Waals surface area contributed by atoms with Crippen molar-refractivity contribution in [2.45, 2.75) is 26.3 Å². The smallest absolute Gasteiger partial charge is 0.182 e. The van der Waals surface area contributed by atoms with Crippen LogP contribution in [0.5, 0.6) is 0 Å². The van der Waals surface area contributed by atoms with Crippen LogP contribution in [0.3, 0.4) is 0 Å². The van der Waals surface area contributed by atoms with E-state index < -0.39 is 0 Å². The molecule has 1 atom stereocenters. The molecule has 0 aromatic carbocycles. The Kier molecular flexibility index (Phi) is 2.83. The fourth-order valence-electron chi connectivity index (χ4n) is 2.61. The Morgan fingerprint density at radius 1 is 1.44 bits per heavy atom. The summed E-state index contributed by atoms with van der Waals surface area (Å²) in [5.41, 5.74) is 2.18. The van der Waals surface area contributed by atoms with E-state index in [0.717, 1.165) is 22.0 Å². The number of rotatable bonds is 1. The molecule has 0 N–H and O–H groups in total. The summed E-state index contributed by atoms with van der Waals surface area (Å²) in [6.07, 6.45) is 2.91. The van der Waals surface area contributed by atoms with Crippen LogP contribution in [-0.4, -0.2) is 4.57 Å². The van der Waals surface area contributed by atoms with Crippen molar-refractivity contribution >= 4 is 22.9 Å². The lowest BCUT2D eigenvalue weighted by Gasteiger charge is -2.31. The number of halogens is 1. The molecule has 0 amide bonds. The van der Waals surface area contributed by atoms with Crippen LogP contribution in [0.4, 0.5) is 0 Å². The molecule has 2 aromatic rings. The van der Waals surface area contributed by atoms with Crippen molar-refractivity contribution < 1.29 is 0 Å². The lowest BCUT2D eigenvalue weighted by Crippen LogP contribution is -2.24. The van der Waals surface area contributed by atoms with Gasteiger partial charge in [-0.2, -0.15) is 0 Å². The van der Waals surface area contributed by atoms with Crippen molar-refractivity contribution in [1.82, 2.24) is 4.57 Å². The highest BCUT2D eigenvalue weighted by Crippen LogP contribution is 2.42. The molecule has 0 saturated carbocycles. The molecule has 2 nitrogen and oxygen atoms in total. The first-order chi connectivity index (χ1) is 8.56. The van der Waals surface area contributed by atoms with Gasteiger partial charge in [-0.15, -0.1) is 11.3 Å². The van der Waals surface area contributed by atoms with Crippen LogP contribution in [0.1, 0.15) is 24.8 Å². The predicted molar refractivity (Wildman–Crippen MR) is 76.6 cm³/mol. The summed E-state index contributed by atoms with van der Waals surface area (Å²) in [5.74, 6) is 0.528. The van der Waals surface area contributed by atoms with Gasteiger partial charge in [0.1, 0.15) is 0 Å². The normalized spacial score (nSPS) is 17.7. The van der Waals surface area contributed by atoms with E-state index in [1.54, 1.807) is 23.5 Å². The zero-order valence-corrected chi connectivity index (χ0v) is 11.9. The average Bonchev–Trinajstić information content (AvgIpc) is 2.68. The van der Waals surface area contributed by atoms with Crippen LogP contribution in [0.25, 0.3) is 11.3 Å². The Balaban J connectivity index is 2.27. The van der Waals surface area contributed by atoms with Crippen molar-refractivity contribution in [2.24, 2.45) is 5.92 Å². The Morgan fingerprint density at radius 3 is 2.94 bits per heavy atom. The van der Waals surface area contributed by atoms with Gasteiger partial charge >= 0.3 is 0 Å². The van der Waals surface area contributed by atoms with Crippen molar-refractivity contribution in [3.63, 3.8) is 0 Å². The zero-order chi connectivity index (χ0) is 12.9. The van der Waals surface area contributed by atoms with E-state index >= 15 is 0 Å². The average molecular weight is 280 g/mol. The number of nitrogens with zero attached hydrogens (tertiary/aromatic N) is 1. The summed E-state index contributed by atoms with van der Waals surface area (Å²) in [5, 5.41) is 0. The Labute approximate surface area is 115 Å². The Morgan fingerprint density at radius 2 is 2.22 bits per heavy atom. The fourth-order valence-corrected chi connectivity index (χ4v) is 3.94. The maximum Gasteiger partial charge on any atom is 0.182 e. The summed E-state index contributed by atoms with van der Waals surface area (Å²) in [7, 11) is 0. The molecule has 0 spiro atoms. The molecule has 1 aliphatic rings. The van der Waals surface area contributed by atoms with Crippen molar-refractivity contribution in [3.05, 3.63) is 43.8 Å². The zero-order valence-electron chi connectivity index (χ0n) is 10.3. The van der Waals surface area contributed by atoms with E-state index in [2.05, 4.69) is 18.4 Å². The van der Waals surface area contributed by atoms with Crippen LogP contribution in [0, 0.1) is 5.92 Å². The third-order valence-corrected chi connectivity index (χ3v) is 4.82. The first kappa shape index (κ1) is 12.0. The van der Waals surface area contributed by atoms with Gasteiger partial charge in [0.25, 0.3) is 0 Å². The minimum absolute atomic E-state index is 0.0546. The number of thiophene rings is 1. The van der Waals surface area contributed by atoms with Crippen LogP contribution in [-0.2, 0) is 6.42 Å². The van der Waals surface area contributed by atoms with Gasteiger partial charge in [-0.05, 0) is 12.0 Å². The van der Waals surface area contributed by atoms with Gasteiger partial charge in [-0.25, -0.2) is 0 Å². The van der Waals surface area contributed by atoms with Crippen molar-refractivity contribution in [1.29, 1.82) is 0 Å². The minimum atomic E-state index is 0.0546. The highest BCUT2D eigenvalue weighted by molar-refractivity contribution is 7.16. The number of fused-ring (bicyclic) bond motifs is 3. The van der Waals surface area contributed by atoms with E-state index in [9.17, 15) is 4.79 Å². The van der Waals surface area contributed by atoms with Gasteiger partial charge < -0.3 is 4.57 Å². The van der Waals surface area contributed by atoms with Gasteiger partial charge in [-0.3, -0.25) is 4.79 Å². The topological polar surface area (TPSA) is 22.0 Å². The third kappa shape index (κ3) is 1.82. The summed E-state index contributed by atoms with van der Waals surface area (Å²) in [6, 6.07) is 5.74. The highest BCUT2D eigenvalue weighted by Gasteiger charge is 2.27. The SMILES string of the molecule is CC(C)C1Cc2sc(Cl)cc2-c2cc(=O)ccn21. The van der Waals surface area contributed by atoms with Crippen LogP contribution >= 0.6 is 22.9 Å². The Bertz CT molecular complexity index is 656. The lowest BCUT2D eigenvalue weighted by molar-refractivity contribution is 0.371. The molecule has 2 aromatic heterocycles. The number of hydrogen-bond donors (Lipinski definition) is 0. The quantitative estimate of drug-likeness (QED) is 0.774. The maximum atomic E-state index is 11.6. The minimum Gasteiger partial charge on any atom is -0.344 e. The largest absolute Gasteiger partial charge is 0.344 e. The molecule has 0 saturated heterocycles. The molecule has 1 unspecified atom stereocenters. The molecule has 3 rings (SSSR count). The first-order valence-corrected chi connectivity index (χ1v) is 7.26. The molecule has 1 aliphatic heterocycles. The summed E-state index contributed by atoms with van der Waals surface area (Å²) in [6.45, 7) is 4.43. The number of pyridine rings is 1. The molecule has 0 bridgehead atoms. The number of hydrogen-bond acceptors (Lipinski definition) is 2. The highest BCUT2D eigenvalue weighted by atomic mass is 35.5. The van der Waals surface area contributed by atoms with Gasteiger partial charge in [0, 0.05) is 41.2 Å². The molecule has 0 fully saturated rings. The van der Waals surface area contributed by atoms with E-state index in [0.29, 0.717) is 12.0 Å². The summed E-state index contributed by atoms with van der Waals surface area (Å²) >= 11 is 7.75. The molecule has 3 heterocycles. The monoisotopic (exact) mass is 279 g/mol. The molecule has 18 heavy (non-hydrogen) atoms. The molecular weight excluding hydrogens is 266 g/mol. The molecule has 4 heteroatoms. The second kappa shape index (κ2) is 4.25. The van der Waals surface area contributed by atoms with Gasteiger partial charge in [0.05, 0.1) is 10.0 Å². The molecule has 94 valence electrons. The predicted octanol–water partition coefficient (Wildman–Crippen LogP) is 3.98. The van der Waals surface area contributed by atoms with Crippen molar-refractivity contribution in [3.8, 4) is 11.3 Å². The van der Waals surface area contributed by atoms with Crippen LogP contribution in [0.2, 0.25) is 4.34 Å². The van der Waals surface area contributed by atoms with Gasteiger partial charge in [-0.1, -0.05) is 25.4 Å². The molecule has 0 radical (unpaired) electrons. The second-order valence-corrected chi connectivity index (χ2v) is 6.83. The first-order valence-electron chi connectivity index (χ1n) is 6.07. The van der Waals surface area contributed by atoms with E-state index in [1.807, 2.05) is 12.3 Å². The fraction of sp³-hybridized carbons (Fsp3) is 0.357. The summed E-state index contributed by atoms with van der Waals surface area (Å²) < 4.78 is 3.02. The molecular formula is C14H14ClNOS. The Hall–Kier alpha value is -1.06. The maximum absolute atomic E-state index is 11.6. The van der Waals surface area contributed by atoms with Crippen molar-refractivity contribution in [2.75, 3.05) is 0 Å².